The molecule has 19 heavy (non-hydrogen) atoms. The lowest BCUT2D eigenvalue weighted by Gasteiger charge is -2.28. The second-order valence-corrected chi connectivity index (χ2v) is 6.16. The van der Waals surface area contributed by atoms with E-state index in [1.807, 2.05) is 50.4 Å². The van der Waals surface area contributed by atoms with Gasteiger partial charge in [-0.1, -0.05) is 29.8 Å². The summed E-state index contributed by atoms with van der Waals surface area (Å²) >= 11 is 7.60. The molecule has 1 unspecified atom stereocenters. The third-order valence-corrected chi connectivity index (χ3v) is 3.97. The standard InChI is InChI=1S/C14H17ClN2OS/c1-9(10-6-4-5-7-11(10)15)18-14(2,3)12-8-19-13(16)17-12/h4-9H,1-3H3,(H2,16,17). The highest BCUT2D eigenvalue weighted by atomic mass is 35.5. The molecule has 3 nitrogen and oxygen atoms in total. The smallest absolute Gasteiger partial charge is 0.180 e. The number of rotatable bonds is 4. The summed E-state index contributed by atoms with van der Waals surface area (Å²) in [4.78, 5) is 4.29. The van der Waals surface area contributed by atoms with Crippen LogP contribution in [0.2, 0.25) is 5.02 Å². The molecule has 1 aromatic heterocycles. The first kappa shape index (κ1) is 14.3. The maximum absolute atomic E-state index is 6.18. The SMILES string of the molecule is CC(OC(C)(C)c1csc(N)n1)c1ccccc1Cl. The number of ether oxygens (including phenoxy) is 1. The molecule has 0 amide bonds. The first-order valence-corrected chi connectivity index (χ1v) is 7.29. The van der Waals surface area contributed by atoms with Crippen molar-refractivity contribution < 1.29 is 4.74 Å². The van der Waals surface area contributed by atoms with Crippen molar-refractivity contribution in [3.63, 3.8) is 0 Å². The van der Waals surface area contributed by atoms with Crippen LogP contribution in [-0.2, 0) is 10.3 Å². The van der Waals surface area contributed by atoms with E-state index in [0.717, 1.165) is 11.3 Å². The Morgan fingerprint density at radius 2 is 2.05 bits per heavy atom. The number of nitrogens with zero attached hydrogens (tertiary/aromatic N) is 1. The molecule has 2 aromatic rings. The Morgan fingerprint density at radius 1 is 1.37 bits per heavy atom. The zero-order chi connectivity index (χ0) is 14.0. The molecule has 0 radical (unpaired) electrons. The van der Waals surface area contributed by atoms with Crippen LogP contribution in [0.4, 0.5) is 5.13 Å². The number of benzene rings is 1. The molecule has 2 N–H and O–H groups in total. The molecule has 2 rings (SSSR count). The van der Waals surface area contributed by atoms with Crippen molar-refractivity contribution in [1.29, 1.82) is 0 Å². The average molecular weight is 297 g/mol. The molecule has 0 aliphatic rings. The molecule has 0 aliphatic carbocycles. The molecular formula is C14H17ClN2OS. The van der Waals surface area contributed by atoms with Crippen LogP contribution < -0.4 is 5.73 Å². The van der Waals surface area contributed by atoms with Crippen molar-refractivity contribution in [3.05, 3.63) is 45.9 Å². The van der Waals surface area contributed by atoms with Crippen LogP contribution in [0.15, 0.2) is 29.6 Å². The Labute approximate surface area is 122 Å². The molecule has 0 saturated heterocycles. The summed E-state index contributed by atoms with van der Waals surface area (Å²) in [5.74, 6) is 0. The van der Waals surface area contributed by atoms with Gasteiger partial charge in [-0.05, 0) is 32.4 Å². The first-order valence-electron chi connectivity index (χ1n) is 6.04. The number of hydrogen-bond donors (Lipinski definition) is 1. The fraction of sp³-hybridized carbons (Fsp3) is 0.357. The molecule has 5 heteroatoms. The molecule has 0 spiro atoms. The summed E-state index contributed by atoms with van der Waals surface area (Å²) in [5.41, 5.74) is 6.98. The van der Waals surface area contributed by atoms with Gasteiger partial charge in [-0.3, -0.25) is 0 Å². The van der Waals surface area contributed by atoms with Gasteiger partial charge in [-0.2, -0.15) is 0 Å². The normalized spacial score (nSPS) is 13.5. The molecule has 1 heterocycles. The predicted molar refractivity (Wildman–Crippen MR) is 80.5 cm³/mol. The monoisotopic (exact) mass is 296 g/mol. The van der Waals surface area contributed by atoms with E-state index in [9.17, 15) is 0 Å². The summed E-state index contributed by atoms with van der Waals surface area (Å²) in [7, 11) is 0. The Kier molecular flexibility index (Phi) is 4.13. The molecule has 1 atom stereocenters. The first-order chi connectivity index (χ1) is 8.90. The highest BCUT2D eigenvalue weighted by Crippen LogP contribution is 2.34. The molecular weight excluding hydrogens is 280 g/mol. The molecule has 0 bridgehead atoms. The van der Waals surface area contributed by atoms with E-state index in [1.54, 1.807) is 0 Å². The highest BCUT2D eigenvalue weighted by molar-refractivity contribution is 7.13. The van der Waals surface area contributed by atoms with Gasteiger partial charge < -0.3 is 10.5 Å². The summed E-state index contributed by atoms with van der Waals surface area (Å²) < 4.78 is 6.11. The Balaban J connectivity index is 2.18. The van der Waals surface area contributed by atoms with Gasteiger partial charge in [-0.15, -0.1) is 11.3 Å². The number of hydrogen-bond acceptors (Lipinski definition) is 4. The lowest BCUT2D eigenvalue weighted by atomic mass is 10.0. The lowest BCUT2D eigenvalue weighted by Crippen LogP contribution is -2.24. The molecule has 0 saturated carbocycles. The minimum Gasteiger partial charge on any atom is -0.375 e. The average Bonchev–Trinajstić information content (AvgIpc) is 2.76. The summed E-state index contributed by atoms with van der Waals surface area (Å²) in [5, 5.41) is 3.19. The van der Waals surface area contributed by atoms with Gasteiger partial charge >= 0.3 is 0 Å². The zero-order valence-electron chi connectivity index (χ0n) is 11.2. The van der Waals surface area contributed by atoms with E-state index in [4.69, 9.17) is 22.1 Å². The highest BCUT2D eigenvalue weighted by Gasteiger charge is 2.27. The molecule has 102 valence electrons. The van der Waals surface area contributed by atoms with Crippen LogP contribution >= 0.6 is 22.9 Å². The number of nitrogens with two attached hydrogens (primary N) is 1. The fourth-order valence-corrected chi connectivity index (χ4v) is 2.94. The van der Waals surface area contributed by atoms with E-state index in [1.165, 1.54) is 11.3 Å². The van der Waals surface area contributed by atoms with Crippen LogP contribution in [-0.4, -0.2) is 4.98 Å². The third kappa shape index (κ3) is 3.26. The van der Waals surface area contributed by atoms with Crippen LogP contribution in [0.5, 0.6) is 0 Å². The van der Waals surface area contributed by atoms with Crippen LogP contribution in [0.3, 0.4) is 0 Å². The number of halogens is 1. The second-order valence-electron chi connectivity index (χ2n) is 4.86. The van der Waals surface area contributed by atoms with Crippen molar-refractivity contribution in [2.75, 3.05) is 5.73 Å². The maximum Gasteiger partial charge on any atom is 0.180 e. The van der Waals surface area contributed by atoms with Crippen LogP contribution in [0.1, 0.15) is 38.1 Å². The minimum atomic E-state index is -0.507. The van der Waals surface area contributed by atoms with Crippen molar-refractivity contribution in [1.82, 2.24) is 4.98 Å². The lowest BCUT2D eigenvalue weighted by molar-refractivity contribution is -0.0724. The van der Waals surface area contributed by atoms with Crippen LogP contribution in [0.25, 0.3) is 0 Å². The van der Waals surface area contributed by atoms with Crippen LogP contribution in [0, 0.1) is 0 Å². The fourth-order valence-electron chi connectivity index (χ4n) is 1.93. The number of nitrogen functional groups attached to an aromatic ring is 1. The minimum absolute atomic E-state index is 0.119. The maximum atomic E-state index is 6.18. The number of thiazole rings is 1. The summed E-state index contributed by atoms with van der Waals surface area (Å²) in [6.45, 7) is 5.95. The van der Waals surface area contributed by atoms with Crippen molar-refractivity contribution in [3.8, 4) is 0 Å². The summed E-state index contributed by atoms with van der Waals surface area (Å²) in [6, 6.07) is 7.70. The van der Waals surface area contributed by atoms with Gasteiger partial charge in [0.05, 0.1) is 11.8 Å². The van der Waals surface area contributed by atoms with Gasteiger partial charge in [-0.25, -0.2) is 4.98 Å². The number of aromatic nitrogens is 1. The second kappa shape index (κ2) is 5.49. The van der Waals surface area contributed by atoms with E-state index in [2.05, 4.69) is 4.98 Å². The van der Waals surface area contributed by atoms with Gasteiger partial charge in [0, 0.05) is 10.4 Å². The van der Waals surface area contributed by atoms with E-state index in [-0.39, 0.29) is 6.10 Å². The van der Waals surface area contributed by atoms with Gasteiger partial charge in [0.1, 0.15) is 5.60 Å². The Hall–Kier alpha value is -1.10. The van der Waals surface area contributed by atoms with Gasteiger partial charge in [0.15, 0.2) is 5.13 Å². The van der Waals surface area contributed by atoms with Crippen molar-refractivity contribution in [2.45, 2.75) is 32.5 Å². The van der Waals surface area contributed by atoms with E-state index < -0.39 is 5.60 Å². The third-order valence-electron chi connectivity index (χ3n) is 2.95. The number of anilines is 1. The van der Waals surface area contributed by atoms with E-state index in [0.29, 0.717) is 10.2 Å². The molecule has 1 aromatic carbocycles. The molecule has 0 aliphatic heterocycles. The topological polar surface area (TPSA) is 48.1 Å². The summed E-state index contributed by atoms with van der Waals surface area (Å²) in [6.07, 6.45) is -0.119. The zero-order valence-corrected chi connectivity index (χ0v) is 12.8. The van der Waals surface area contributed by atoms with E-state index >= 15 is 0 Å². The Morgan fingerprint density at radius 3 is 2.63 bits per heavy atom. The Bertz CT molecular complexity index is 568. The van der Waals surface area contributed by atoms with Crippen molar-refractivity contribution in [2.24, 2.45) is 0 Å². The molecule has 0 fully saturated rings. The quantitative estimate of drug-likeness (QED) is 0.910. The van der Waals surface area contributed by atoms with Crippen molar-refractivity contribution >= 4 is 28.1 Å². The predicted octanol–water partition coefficient (Wildman–Crippen LogP) is 4.39. The van der Waals surface area contributed by atoms with Gasteiger partial charge in [0.25, 0.3) is 0 Å². The largest absolute Gasteiger partial charge is 0.375 e. The van der Waals surface area contributed by atoms with Gasteiger partial charge in [0.2, 0.25) is 0 Å².